The largest absolute Gasteiger partial charge is 0.368 e. The van der Waals surface area contributed by atoms with E-state index in [2.05, 4.69) is 30.5 Å². The SMILES string of the molecule is N#Cc1c(N[C@H](c2nc3c(C(F)F)cc(F)cc3c(=O)n2-c2ccn[nH]2)C2CC2)nc(N)nc1C(F)F. The molecule has 15 heteroatoms. The summed E-state index contributed by atoms with van der Waals surface area (Å²) in [7, 11) is 0. The lowest BCUT2D eigenvalue weighted by Crippen LogP contribution is -2.30. The molecular formula is C22H16F5N9O. The van der Waals surface area contributed by atoms with E-state index in [1.54, 1.807) is 6.07 Å². The van der Waals surface area contributed by atoms with Crippen molar-refractivity contribution in [3.05, 3.63) is 63.2 Å². The third kappa shape index (κ3) is 4.30. The predicted octanol–water partition coefficient (Wildman–Crippen LogP) is 3.93. The molecule has 0 amide bonds. The minimum Gasteiger partial charge on any atom is -0.368 e. The number of halogens is 5. The fourth-order valence-electron chi connectivity index (χ4n) is 4.12. The first-order chi connectivity index (χ1) is 17.7. The van der Waals surface area contributed by atoms with E-state index in [-0.39, 0.29) is 23.4 Å². The number of rotatable bonds is 7. The molecule has 5 rings (SSSR count). The van der Waals surface area contributed by atoms with Gasteiger partial charge in [-0.15, -0.1) is 0 Å². The molecule has 1 aliphatic carbocycles. The van der Waals surface area contributed by atoms with Gasteiger partial charge in [0.2, 0.25) is 5.95 Å². The molecule has 0 bridgehead atoms. The van der Waals surface area contributed by atoms with Crippen LogP contribution in [-0.2, 0) is 0 Å². The Kier molecular flexibility index (Phi) is 5.94. The van der Waals surface area contributed by atoms with Crippen molar-refractivity contribution >= 4 is 22.7 Å². The standard InChI is InChI=1S/C22H16F5N9O/c23-9-5-10(17(24)25)15-11(6-9)21(37)36(13-3-4-30-35-13)20(32-15)14(8-1-2-8)31-19-12(7-28)16(18(26)27)33-22(29)34-19/h3-6,8,14,17-18H,1-2H2,(H,30,35)(H3,29,31,33,34)/t14-/m0/s1. The molecule has 1 atom stereocenters. The molecule has 3 aromatic heterocycles. The van der Waals surface area contributed by atoms with E-state index in [4.69, 9.17) is 5.73 Å². The van der Waals surface area contributed by atoms with Crippen LogP contribution in [0.5, 0.6) is 0 Å². The second kappa shape index (κ2) is 9.12. The molecule has 0 saturated heterocycles. The fourth-order valence-corrected chi connectivity index (χ4v) is 4.12. The third-order valence-electron chi connectivity index (χ3n) is 5.89. The fraction of sp³-hybridized carbons (Fsp3) is 0.273. The summed E-state index contributed by atoms with van der Waals surface area (Å²) in [6, 6.07) is 3.48. The molecular weight excluding hydrogens is 501 g/mol. The highest BCUT2D eigenvalue weighted by molar-refractivity contribution is 5.82. The second-order valence-electron chi connectivity index (χ2n) is 8.31. The van der Waals surface area contributed by atoms with E-state index in [9.17, 15) is 32.0 Å². The molecule has 0 unspecified atom stereocenters. The molecule has 37 heavy (non-hydrogen) atoms. The van der Waals surface area contributed by atoms with Crippen molar-refractivity contribution in [2.45, 2.75) is 31.7 Å². The Hall–Kier alpha value is -4.61. The van der Waals surface area contributed by atoms with Gasteiger partial charge in [-0.25, -0.2) is 36.5 Å². The molecule has 190 valence electrons. The lowest BCUT2D eigenvalue weighted by Gasteiger charge is -2.23. The number of nitriles is 1. The van der Waals surface area contributed by atoms with Crippen molar-refractivity contribution < 1.29 is 22.0 Å². The number of nitrogens with one attached hydrogen (secondary N) is 2. The summed E-state index contributed by atoms with van der Waals surface area (Å²) in [6.45, 7) is 0. The number of nitrogen functional groups attached to an aromatic ring is 1. The zero-order valence-electron chi connectivity index (χ0n) is 18.6. The zero-order valence-corrected chi connectivity index (χ0v) is 18.6. The van der Waals surface area contributed by atoms with E-state index < -0.39 is 63.9 Å². The Morgan fingerprint density at radius 2 is 1.92 bits per heavy atom. The molecule has 3 heterocycles. The van der Waals surface area contributed by atoms with Crippen molar-refractivity contribution in [3.63, 3.8) is 0 Å². The number of nitrogens with zero attached hydrogens (tertiary/aromatic N) is 6. The number of aromatic amines is 1. The molecule has 1 aliphatic rings. The van der Waals surface area contributed by atoms with Crippen molar-refractivity contribution in [2.24, 2.45) is 5.92 Å². The summed E-state index contributed by atoms with van der Waals surface area (Å²) < 4.78 is 69.9. The number of anilines is 2. The van der Waals surface area contributed by atoms with Gasteiger partial charge >= 0.3 is 0 Å². The van der Waals surface area contributed by atoms with Crippen LogP contribution in [0.3, 0.4) is 0 Å². The number of alkyl halides is 4. The van der Waals surface area contributed by atoms with Gasteiger partial charge < -0.3 is 11.1 Å². The van der Waals surface area contributed by atoms with Crippen LogP contribution in [0.2, 0.25) is 0 Å². The summed E-state index contributed by atoms with van der Waals surface area (Å²) in [5, 5.41) is 18.4. The van der Waals surface area contributed by atoms with E-state index in [1.165, 1.54) is 12.3 Å². The smallest absolute Gasteiger partial charge is 0.281 e. The first-order valence-corrected chi connectivity index (χ1v) is 10.9. The highest BCUT2D eigenvalue weighted by Crippen LogP contribution is 2.43. The molecule has 1 saturated carbocycles. The van der Waals surface area contributed by atoms with E-state index in [0.717, 1.165) is 10.6 Å². The molecule has 4 aromatic rings. The summed E-state index contributed by atoms with van der Waals surface area (Å²) in [5.74, 6) is -2.15. The maximum Gasteiger partial charge on any atom is 0.281 e. The number of aromatic nitrogens is 6. The van der Waals surface area contributed by atoms with Crippen molar-refractivity contribution in [1.29, 1.82) is 5.26 Å². The Labute approximate surface area is 204 Å². The lowest BCUT2D eigenvalue weighted by atomic mass is 10.1. The second-order valence-corrected chi connectivity index (χ2v) is 8.31. The Morgan fingerprint density at radius 1 is 1.16 bits per heavy atom. The molecule has 4 N–H and O–H groups in total. The van der Waals surface area contributed by atoms with Crippen LogP contribution in [-0.4, -0.2) is 29.7 Å². The number of benzene rings is 1. The maximum atomic E-state index is 14.2. The van der Waals surface area contributed by atoms with Gasteiger partial charge in [0.05, 0.1) is 23.1 Å². The molecule has 0 radical (unpaired) electrons. The Morgan fingerprint density at radius 3 is 2.51 bits per heavy atom. The summed E-state index contributed by atoms with van der Waals surface area (Å²) in [4.78, 5) is 25.2. The summed E-state index contributed by atoms with van der Waals surface area (Å²) in [6.07, 6.45) is -3.74. The predicted molar refractivity (Wildman–Crippen MR) is 120 cm³/mol. The van der Waals surface area contributed by atoms with Crippen molar-refractivity contribution in [1.82, 2.24) is 29.7 Å². The molecule has 10 nitrogen and oxygen atoms in total. The molecule has 0 aliphatic heterocycles. The topological polar surface area (TPSA) is 151 Å². The molecule has 1 fully saturated rings. The van der Waals surface area contributed by atoms with E-state index >= 15 is 0 Å². The normalized spacial score (nSPS) is 14.3. The lowest BCUT2D eigenvalue weighted by molar-refractivity contribution is 0.145. The first kappa shape index (κ1) is 24.1. The summed E-state index contributed by atoms with van der Waals surface area (Å²) >= 11 is 0. The zero-order chi connectivity index (χ0) is 26.4. The van der Waals surface area contributed by atoms with Gasteiger partial charge in [-0.1, -0.05) is 0 Å². The number of hydrogen-bond donors (Lipinski definition) is 3. The van der Waals surface area contributed by atoms with Gasteiger partial charge in [0.25, 0.3) is 18.4 Å². The van der Waals surface area contributed by atoms with Crippen LogP contribution in [0.1, 0.15) is 54.4 Å². The van der Waals surface area contributed by atoms with Crippen LogP contribution < -0.4 is 16.6 Å². The maximum absolute atomic E-state index is 14.2. The van der Waals surface area contributed by atoms with Gasteiger partial charge in [0, 0.05) is 11.6 Å². The first-order valence-electron chi connectivity index (χ1n) is 10.9. The quantitative estimate of drug-likeness (QED) is 0.312. The molecule has 0 spiro atoms. The highest BCUT2D eigenvalue weighted by Gasteiger charge is 2.38. The summed E-state index contributed by atoms with van der Waals surface area (Å²) in [5.41, 5.74) is 2.06. The van der Waals surface area contributed by atoms with Gasteiger partial charge in [-0.3, -0.25) is 9.89 Å². The van der Waals surface area contributed by atoms with Gasteiger partial charge in [-0.2, -0.15) is 15.3 Å². The van der Waals surface area contributed by atoms with Gasteiger partial charge in [0.1, 0.15) is 34.8 Å². The van der Waals surface area contributed by atoms with Gasteiger partial charge in [-0.05, 0) is 30.9 Å². The average Bonchev–Trinajstić information content (AvgIpc) is 3.55. The van der Waals surface area contributed by atoms with Crippen molar-refractivity contribution in [3.8, 4) is 11.9 Å². The van der Waals surface area contributed by atoms with Crippen molar-refractivity contribution in [2.75, 3.05) is 11.1 Å². The van der Waals surface area contributed by atoms with Crippen LogP contribution in [0.4, 0.5) is 33.7 Å². The third-order valence-corrected chi connectivity index (χ3v) is 5.89. The monoisotopic (exact) mass is 517 g/mol. The van der Waals surface area contributed by atoms with Crippen LogP contribution >= 0.6 is 0 Å². The highest BCUT2D eigenvalue weighted by atomic mass is 19.3. The van der Waals surface area contributed by atoms with Crippen LogP contribution in [0, 0.1) is 23.1 Å². The molecule has 1 aromatic carbocycles. The number of fused-ring (bicyclic) bond motifs is 1. The van der Waals surface area contributed by atoms with E-state index in [0.29, 0.717) is 18.9 Å². The van der Waals surface area contributed by atoms with Crippen LogP contribution in [0.25, 0.3) is 16.7 Å². The minimum atomic E-state index is -3.14. The van der Waals surface area contributed by atoms with E-state index in [1.807, 2.05) is 0 Å². The Bertz CT molecular complexity index is 1590. The minimum absolute atomic E-state index is 0.0979. The number of nitrogens with two attached hydrogens (primary N) is 1. The Balaban J connectivity index is 1.78. The van der Waals surface area contributed by atoms with Crippen LogP contribution in [0.15, 0.2) is 29.2 Å². The number of hydrogen-bond acceptors (Lipinski definition) is 8. The number of H-pyrrole nitrogens is 1. The van der Waals surface area contributed by atoms with Gasteiger partial charge in [0.15, 0.2) is 5.82 Å². The average molecular weight is 517 g/mol.